The molecule has 0 atom stereocenters. The van der Waals surface area contributed by atoms with Crippen LogP contribution in [0.3, 0.4) is 0 Å². The maximum absolute atomic E-state index is 4.51. The average molecular weight is 383 g/mol. The maximum atomic E-state index is 4.51. The van der Waals surface area contributed by atoms with Gasteiger partial charge in [-0.3, -0.25) is 4.98 Å². The van der Waals surface area contributed by atoms with Gasteiger partial charge in [-0.15, -0.1) is 5.56 Å². The normalized spacial score (nSPS) is 10.0. The van der Waals surface area contributed by atoms with Crippen LogP contribution in [0.4, 0.5) is 0 Å². The van der Waals surface area contributed by atoms with Gasteiger partial charge in [0, 0.05) is 11.9 Å². The van der Waals surface area contributed by atoms with Gasteiger partial charge in [0.1, 0.15) is 0 Å². The molecule has 3 aromatic rings. The van der Waals surface area contributed by atoms with Gasteiger partial charge in [0.25, 0.3) is 0 Å². The molecule has 2 aromatic carbocycles. The van der Waals surface area contributed by atoms with Crippen molar-refractivity contribution in [3.8, 4) is 11.1 Å². The monoisotopic (exact) mass is 382 g/mol. The fourth-order valence-electron chi connectivity index (χ4n) is 2.52. The quantitative estimate of drug-likeness (QED) is 0.518. The smallest absolute Gasteiger partial charge is 1.00 e. The van der Waals surface area contributed by atoms with Crippen molar-refractivity contribution in [3.05, 3.63) is 84.2 Å². The number of hydrogen-bond donors (Lipinski definition) is 0. The molecule has 0 saturated carbocycles. The van der Waals surface area contributed by atoms with E-state index in [-0.39, 0.29) is 47.6 Å². The summed E-state index contributed by atoms with van der Waals surface area (Å²) in [6.07, 6.45) is 1.86. The molecule has 0 bridgehead atoms. The molecule has 119 valence electrons. The summed E-state index contributed by atoms with van der Waals surface area (Å²) in [5.74, 6) is 0. The van der Waals surface area contributed by atoms with Crippen LogP contribution >= 0.6 is 0 Å². The van der Waals surface area contributed by atoms with Crippen molar-refractivity contribution >= 4 is 0 Å². The zero-order valence-corrected chi connectivity index (χ0v) is 15.8. The summed E-state index contributed by atoms with van der Waals surface area (Å²) in [6.45, 7) is 4.44. The van der Waals surface area contributed by atoms with Crippen molar-refractivity contribution in [1.82, 2.24) is 4.98 Å². The van der Waals surface area contributed by atoms with E-state index in [1.807, 2.05) is 24.4 Å². The maximum Gasteiger partial charge on any atom is 3.00 e. The second kappa shape index (κ2) is 9.21. The summed E-state index contributed by atoms with van der Waals surface area (Å²) in [4.78, 5) is 4.51. The molecular formula is C19H18Cl2CrN. The van der Waals surface area contributed by atoms with Gasteiger partial charge in [0.2, 0.25) is 0 Å². The molecule has 0 saturated heterocycles. The first-order chi connectivity index (χ1) is 9.68. The van der Waals surface area contributed by atoms with E-state index in [1.54, 1.807) is 0 Å². The van der Waals surface area contributed by atoms with Crippen LogP contribution in [0.5, 0.6) is 0 Å². The minimum atomic E-state index is -0.0751. The second-order valence-corrected chi connectivity index (χ2v) is 5.59. The Kier molecular flexibility index (Phi) is 8.74. The predicted octanol–water partition coefficient (Wildman–Crippen LogP) is -1.20. The van der Waals surface area contributed by atoms with Crippen molar-refractivity contribution in [2.45, 2.75) is 19.3 Å². The fourth-order valence-corrected chi connectivity index (χ4v) is 2.52. The molecular weight excluding hydrogens is 365 g/mol. The van der Waals surface area contributed by atoms with E-state index >= 15 is 0 Å². The number of rotatable bonds is 3. The zero-order chi connectivity index (χ0) is 14.0. The van der Waals surface area contributed by atoms with Crippen LogP contribution < -0.4 is 24.8 Å². The van der Waals surface area contributed by atoms with Crippen molar-refractivity contribution < 1.29 is 42.2 Å². The van der Waals surface area contributed by atoms with Gasteiger partial charge < -0.3 is 24.8 Å². The fraction of sp³-hybridized carbons (Fsp3) is 0.158. The van der Waals surface area contributed by atoms with Crippen molar-refractivity contribution in [1.29, 1.82) is 0 Å². The van der Waals surface area contributed by atoms with Gasteiger partial charge in [-0.2, -0.15) is 17.7 Å². The molecule has 0 unspecified atom stereocenters. The Morgan fingerprint density at radius 3 is 2.09 bits per heavy atom. The van der Waals surface area contributed by atoms with Crippen LogP contribution in [0.15, 0.2) is 72.9 Å². The van der Waals surface area contributed by atoms with Gasteiger partial charge in [0.15, 0.2) is 0 Å². The van der Waals surface area contributed by atoms with E-state index < -0.39 is 0 Å². The molecule has 23 heavy (non-hydrogen) atoms. The van der Waals surface area contributed by atoms with Gasteiger partial charge in [-0.25, -0.2) is 6.07 Å². The summed E-state index contributed by atoms with van der Waals surface area (Å²) >= 11 is 0. The Labute approximate surface area is 161 Å². The summed E-state index contributed by atoms with van der Waals surface area (Å²) in [6, 6.07) is 23.2. The molecule has 1 nitrogen and oxygen atoms in total. The number of hydrogen-bond acceptors (Lipinski definition) is 1. The van der Waals surface area contributed by atoms with Gasteiger partial charge in [-0.1, -0.05) is 55.8 Å². The third kappa shape index (κ3) is 4.66. The Morgan fingerprint density at radius 2 is 1.48 bits per heavy atom. The molecule has 3 rings (SSSR count). The van der Waals surface area contributed by atoms with E-state index in [1.165, 1.54) is 16.7 Å². The molecule has 0 fully saturated rings. The first kappa shape index (κ1) is 21.8. The third-order valence-electron chi connectivity index (χ3n) is 3.89. The van der Waals surface area contributed by atoms with Crippen LogP contribution in [-0.4, -0.2) is 4.98 Å². The molecule has 0 aliphatic rings. The Morgan fingerprint density at radius 1 is 0.826 bits per heavy atom. The number of aromatic nitrogens is 1. The summed E-state index contributed by atoms with van der Waals surface area (Å²) in [7, 11) is 0. The van der Waals surface area contributed by atoms with Crippen LogP contribution in [0.1, 0.15) is 25.1 Å². The molecule has 0 spiro atoms. The number of nitrogens with zero attached hydrogens (tertiary/aromatic N) is 1. The van der Waals surface area contributed by atoms with Crippen molar-refractivity contribution in [3.63, 3.8) is 0 Å². The van der Waals surface area contributed by atoms with E-state index in [0.717, 1.165) is 5.69 Å². The molecule has 4 heteroatoms. The van der Waals surface area contributed by atoms with Crippen LogP contribution in [0.25, 0.3) is 11.1 Å². The summed E-state index contributed by atoms with van der Waals surface area (Å²) in [5.41, 5.74) is 4.86. The molecule has 1 radical (unpaired) electrons. The molecule has 0 aliphatic carbocycles. The van der Waals surface area contributed by atoms with Gasteiger partial charge in [0.05, 0.1) is 0 Å². The van der Waals surface area contributed by atoms with Crippen LogP contribution in [0.2, 0.25) is 0 Å². The largest absolute Gasteiger partial charge is 3.00 e. The topological polar surface area (TPSA) is 12.9 Å². The molecule has 0 amide bonds. The number of halogens is 2. The summed E-state index contributed by atoms with van der Waals surface area (Å²) in [5, 5.41) is 0. The molecule has 1 heterocycles. The Bertz CT molecular complexity index is 694. The first-order valence-corrected chi connectivity index (χ1v) is 6.92. The molecule has 1 aromatic heterocycles. The third-order valence-corrected chi connectivity index (χ3v) is 3.89. The minimum absolute atomic E-state index is 0. The number of pyridine rings is 1. The standard InChI is InChI=1S/C19H18N.2ClH.Cr/c1-19(2,18-10-6-7-13-20-18)17-12-11-16(14-17)15-8-4-3-5-9-15;;;/h3-14H,1-2H3;2*1H;/q-1;;;+3/p-2. The predicted molar refractivity (Wildman–Crippen MR) is 83.8 cm³/mol. The van der Waals surface area contributed by atoms with E-state index in [0.29, 0.717) is 0 Å². The van der Waals surface area contributed by atoms with E-state index in [4.69, 9.17) is 0 Å². The SMILES string of the molecule is CC(C)(c1ccccn1)[c-]1ccc(-c2ccccc2)c1.[Cl-].[Cl-].[Cr+3]. The Hall–Kier alpha value is -1.17. The minimum Gasteiger partial charge on any atom is -1.00 e. The van der Waals surface area contributed by atoms with Crippen LogP contribution in [-0.2, 0) is 22.8 Å². The van der Waals surface area contributed by atoms with Crippen molar-refractivity contribution in [2.75, 3.05) is 0 Å². The van der Waals surface area contributed by atoms with Gasteiger partial charge in [-0.05, 0) is 17.5 Å². The van der Waals surface area contributed by atoms with Crippen LogP contribution in [0, 0.1) is 0 Å². The average Bonchev–Trinajstić information content (AvgIpc) is 3.00. The first-order valence-electron chi connectivity index (χ1n) is 6.92. The van der Waals surface area contributed by atoms with Gasteiger partial charge >= 0.3 is 17.4 Å². The van der Waals surface area contributed by atoms with Crippen molar-refractivity contribution in [2.24, 2.45) is 0 Å². The zero-order valence-electron chi connectivity index (χ0n) is 13.0. The number of benzene rings is 1. The Balaban J connectivity index is 0.00000161. The second-order valence-electron chi connectivity index (χ2n) is 5.59. The summed E-state index contributed by atoms with van der Waals surface area (Å²) < 4.78 is 0. The van der Waals surface area contributed by atoms with E-state index in [2.05, 4.69) is 67.4 Å². The molecule has 0 aliphatic heterocycles. The van der Waals surface area contributed by atoms with E-state index in [9.17, 15) is 0 Å². The molecule has 0 N–H and O–H groups in total.